The molecule has 2 N–H and O–H groups in total. The molecule has 37 heavy (non-hydrogen) atoms. The number of esters is 1. The van der Waals surface area contributed by atoms with Gasteiger partial charge in [-0.15, -0.1) is 0 Å². The zero-order valence-corrected chi connectivity index (χ0v) is 22.6. The van der Waals surface area contributed by atoms with E-state index < -0.39 is 62.9 Å². The lowest BCUT2D eigenvalue weighted by atomic mass is 9.45. The van der Waals surface area contributed by atoms with Crippen LogP contribution in [0, 0.1) is 28.6 Å². The maximum Gasteiger partial charge on any atom is 0.306 e. The second-order valence-corrected chi connectivity index (χ2v) is 12.3. The van der Waals surface area contributed by atoms with E-state index in [0.717, 1.165) is 11.8 Å². The zero-order valence-electron chi connectivity index (χ0n) is 21.8. The summed E-state index contributed by atoms with van der Waals surface area (Å²) in [5.74, 6) is -3.22. The van der Waals surface area contributed by atoms with Crippen molar-refractivity contribution in [3.05, 3.63) is 35.7 Å². The number of carbonyl (C=O) groups excluding carboxylic acids is 3. The van der Waals surface area contributed by atoms with E-state index in [4.69, 9.17) is 9.84 Å². The fraction of sp³-hybridized carbons (Fsp3) is 0.679. The van der Waals surface area contributed by atoms with E-state index in [-0.39, 0.29) is 49.4 Å². The number of hydrogen-bond acceptors (Lipinski definition) is 7. The van der Waals surface area contributed by atoms with Crippen LogP contribution in [0.5, 0.6) is 0 Å². The predicted octanol–water partition coefficient (Wildman–Crippen LogP) is 4.40. The first kappa shape index (κ1) is 28.2. The van der Waals surface area contributed by atoms with Crippen molar-refractivity contribution >= 4 is 28.6 Å². The van der Waals surface area contributed by atoms with Crippen LogP contribution in [0.4, 0.5) is 8.78 Å². The molecule has 0 aliphatic heterocycles. The highest BCUT2D eigenvalue weighted by Gasteiger charge is 2.77. The molecule has 0 spiro atoms. The summed E-state index contributed by atoms with van der Waals surface area (Å²) in [6, 6.07) is 0. The Labute approximate surface area is 220 Å². The number of carbonyl (C=O) groups is 3. The molecule has 0 amide bonds. The topological polar surface area (TPSA) is 101 Å². The molecule has 2 saturated carbocycles. The lowest BCUT2D eigenvalue weighted by Crippen LogP contribution is -2.69. The minimum Gasteiger partial charge on any atom is -0.449 e. The molecule has 0 heterocycles. The number of aliphatic hydroxyl groups excluding tert-OH is 2. The van der Waals surface area contributed by atoms with Crippen molar-refractivity contribution in [3.8, 4) is 0 Å². The quantitative estimate of drug-likeness (QED) is 0.382. The Morgan fingerprint density at radius 2 is 1.97 bits per heavy atom. The Hall–Kier alpha value is -1.84. The van der Waals surface area contributed by atoms with Crippen LogP contribution < -0.4 is 0 Å². The van der Waals surface area contributed by atoms with Gasteiger partial charge in [0.05, 0.1) is 12.7 Å². The van der Waals surface area contributed by atoms with Crippen molar-refractivity contribution in [1.82, 2.24) is 0 Å². The van der Waals surface area contributed by atoms with Gasteiger partial charge in [0.15, 0.2) is 17.1 Å². The molecule has 8 atom stereocenters. The number of thioether (sulfide) groups is 1. The summed E-state index contributed by atoms with van der Waals surface area (Å²) >= 11 is 0.949. The Kier molecular flexibility index (Phi) is 7.40. The summed E-state index contributed by atoms with van der Waals surface area (Å²) in [5, 5.41) is 20.2. The third kappa shape index (κ3) is 3.82. The van der Waals surface area contributed by atoms with Gasteiger partial charge in [0, 0.05) is 47.7 Å². The largest absolute Gasteiger partial charge is 0.449 e. The first-order valence-electron chi connectivity index (χ1n) is 12.9. The van der Waals surface area contributed by atoms with Crippen molar-refractivity contribution in [2.45, 2.75) is 77.2 Å². The summed E-state index contributed by atoms with van der Waals surface area (Å²) in [4.78, 5) is 38.6. The van der Waals surface area contributed by atoms with Gasteiger partial charge in [-0.05, 0) is 37.3 Å². The van der Waals surface area contributed by atoms with Gasteiger partial charge in [0.2, 0.25) is 5.12 Å². The summed E-state index contributed by atoms with van der Waals surface area (Å²) < 4.78 is 39.0. The fourth-order valence-corrected chi connectivity index (χ4v) is 8.89. The van der Waals surface area contributed by atoms with Crippen molar-refractivity contribution in [2.24, 2.45) is 28.6 Å². The molecule has 4 aliphatic carbocycles. The van der Waals surface area contributed by atoms with Crippen molar-refractivity contribution in [3.63, 3.8) is 0 Å². The number of ketones is 1. The number of hydrogen-bond donors (Lipinski definition) is 2. The number of halogens is 2. The third-order valence-electron chi connectivity index (χ3n) is 9.65. The highest BCUT2D eigenvalue weighted by molar-refractivity contribution is 8.14. The van der Waals surface area contributed by atoms with E-state index >= 15 is 8.78 Å². The van der Waals surface area contributed by atoms with Crippen molar-refractivity contribution in [1.29, 1.82) is 0 Å². The molecule has 6 nitrogen and oxygen atoms in total. The Bertz CT molecular complexity index is 1090. The number of allylic oxidation sites excluding steroid dienone is 4. The molecule has 2 unspecified atom stereocenters. The molecule has 2 fully saturated rings. The third-order valence-corrected chi connectivity index (χ3v) is 10.6. The highest BCUT2D eigenvalue weighted by atomic mass is 32.2. The van der Waals surface area contributed by atoms with E-state index in [1.54, 1.807) is 33.8 Å². The van der Waals surface area contributed by atoms with E-state index in [1.807, 2.05) is 0 Å². The molecular weight excluding hydrogens is 502 g/mol. The lowest BCUT2D eigenvalue weighted by Gasteiger charge is -2.62. The smallest absolute Gasteiger partial charge is 0.306 e. The Morgan fingerprint density at radius 1 is 1.27 bits per heavy atom. The Morgan fingerprint density at radius 3 is 2.62 bits per heavy atom. The van der Waals surface area contributed by atoms with Crippen LogP contribution in [0.25, 0.3) is 0 Å². The first-order valence-corrected chi connectivity index (χ1v) is 13.9. The number of aliphatic hydroxyl groups is 2. The molecule has 0 aromatic heterocycles. The second kappa shape index (κ2) is 9.72. The molecule has 0 bridgehead atoms. The van der Waals surface area contributed by atoms with E-state index in [1.165, 1.54) is 18.2 Å². The van der Waals surface area contributed by atoms with Gasteiger partial charge >= 0.3 is 5.97 Å². The molecular formula is C28H36F2O6S. The zero-order chi connectivity index (χ0) is 27.4. The van der Waals surface area contributed by atoms with Gasteiger partial charge in [0.25, 0.3) is 0 Å². The number of alkyl halides is 1. The SMILES string of the molecule is CCC(=O)O[C@]1(C(=O)SCC=CCO)[C@H](C)CC2C3CC(F)=C4CC(=O)C=C[C@]4(C)[C@@]3(F)[C@@H](O)C[C@@]21C. The highest BCUT2D eigenvalue weighted by Crippen LogP contribution is 2.72. The number of rotatable bonds is 6. The molecule has 0 aromatic rings. The summed E-state index contributed by atoms with van der Waals surface area (Å²) in [6.07, 6.45) is 3.91. The van der Waals surface area contributed by atoms with Crippen LogP contribution in [-0.2, 0) is 19.1 Å². The van der Waals surface area contributed by atoms with Gasteiger partial charge < -0.3 is 14.9 Å². The molecule has 204 valence electrons. The van der Waals surface area contributed by atoms with Gasteiger partial charge in [-0.2, -0.15) is 0 Å². The molecule has 0 aromatic carbocycles. The average molecular weight is 539 g/mol. The minimum absolute atomic E-state index is 0.0359. The van der Waals surface area contributed by atoms with Crippen LogP contribution >= 0.6 is 11.8 Å². The minimum atomic E-state index is -2.26. The monoisotopic (exact) mass is 538 g/mol. The average Bonchev–Trinajstić information content (AvgIpc) is 3.06. The molecule has 9 heteroatoms. The number of ether oxygens (including phenoxy) is 1. The lowest BCUT2D eigenvalue weighted by molar-refractivity contribution is -0.223. The van der Waals surface area contributed by atoms with E-state index in [0.29, 0.717) is 6.42 Å². The van der Waals surface area contributed by atoms with Crippen LogP contribution in [-0.4, -0.2) is 56.8 Å². The second-order valence-electron chi connectivity index (χ2n) is 11.3. The van der Waals surface area contributed by atoms with Gasteiger partial charge in [-0.1, -0.05) is 50.8 Å². The standard InChI is InChI=1S/C28H36F2O6S/c1-5-23(34)36-28(24(35)37-11-7-6-10-31)16(2)12-18-19-14-21(29)20-13-17(32)8-9-25(20,3)27(19,30)22(33)15-26(18,28)4/h6-9,16,18-19,22,31,33H,5,10-15H2,1-4H3/t16-,18?,19?,22+,25+,26+,27+,28+/m1/s1. The summed E-state index contributed by atoms with van der Waals surface area (Å²) in [6.45, 7) is 6.55. The molecule has 0 saturated heterocycles. The summed E-state index contributed by atoms with van der Waals surface area (Å²) in [7, 11) is 0. The van der Waals surface area contributed by atoms with Crippen LogP contribution in [0.15, 0.2) is 35.7 Å². The van der Waals surface area contributed by atoms with Crippen LogP contribution in [0.1, 0.15) is 59.8 Å². The van der Waals surface area contributed by atoms with Crippen LogP contribution in [0.3, 0.4) is 0 Å². The Balaban J connectivity index is 1.83. The van der Waals surface area contributed by atoms with Crippen molar-refractivity contribution in [2.75, 3.05) is 12.4 Å². The van der Waals surface area contributed by atoms with Gasteiger partial charge in [-0.25, -0.2) is 8.78 Å². The first-order chi connectivity index (χ1) is 17.3. The van der Waals surface area contributed by atoms with Crippen molar-refractivity contribution < 1.29 is 38.1 Å². The number of fused-ring (bicyclic) bond motifs is 5. The molecule has 4 aliphatic rings. The van der Waals surface area contributed by atoms with E-state index in [2.05, 4.69) is 0 Å². The fourth-order valence-electron chi connectivity index (χ4n) is 7.82. The maximum atomic E-state index is 17.4. The molecule has 0 radical (unpaired) electrons. The van der Waals surface area contributed by atoms with E-state index in [9.17, 15) is 19.5 Å². The maximum absolute atomic E-state index is 17.4. The van der Waals surface area contributed by atoms with Gasteiger partial charge in [0.1, 0.15) is 5.83 Å². The van der Waals surface area contributed by atoms with Gasteiger partial charge in [-0.3, -0.25) is 14.4 Å². The van der Waals surface area contributed by atoms with Crippen LogP contribution in [0.2, 0.25) is 0 Å². The normalized spacial score (nSPS) is 43.0. The predicted molar refractivity (Wildman–Crippen MR) is 136 cm³/mol. The molecule has 4 rings (SSSR count). The summed E-state index contributed by atoms with van der Waals surface area (Å²) in [5.41, 5.74) is -6.46.